The molecule has 1 heterocycles. The Kier molecular flexibility index (Phi) is 4.58. The van der Waals surface area contributed by atoms with Gasteiger partial charge in [0.25, 0.3) is 5.91 Å². The number of nitrogens with zero attached hydrogens (tertiary/aromatic N) is 1. The summed E-state index contributed by atoms with van der Waals surface area (Å²) in [6, 6.07) is 13.2. The van der Waals surface area contributed by atoms with Crippen molar-refractivity contribution in [2.75, 3.05) is 11.9 Å². The average Bonchev–Trinajstić information content (AvgIpc) is 2.97. The van der Waals surface area contributed by atoms with Gasteiger partial charge in [0.15, 0.2) is 6.61 Å². The van der Waals surface area contributed by atoms with E-state index in [0.717, 1.165) is 5.56 Å². The fourth-order valence-corrected chi connectivity index (χ4v) is 2.45. The van der Waals surface area contributed by atoms with Gasteiger partial charge in [0.1, 0.15) is 28.7 Å². The number of rotatable bonds is 4. The first-order valence-electron chi connectivity index (χ1n) is 7.68. The Morgan fingerprint density at radius 3 is 2.77 bits per heavy atom. The lowest BCUT2D eigenvalue weighted by atomic mass is 10.1. The number of esters is 1. The molecule has 3 rings (SSSR count). The summed E-state index contributed by atoms with van der Waals surface area (Å²) in [4.78, 5) is 24.1. The molecule has 0 saturated heterocycles. The summed E-state index contributed by atoms with van der Waals surface area (Å²) in [5, 5.41) is 22.0. The molecule has 0 atom stereocenters. The molecule has 2 aromatic carbocycles. The van der Waals surface area contributed by atoms with Crippen LogP contribution in [0.4, 0.5) is 5.69 Å². The van der Waals surface area contributed by atoms with E-state index in [4.69, 9.17) is 14.4 Å². The average molecular weight is 350 g/mol. The summed E-state index contributed by atoms with van der Waals surface area (Å²) in [6.07, 6.45) is 0. The van der Waals surface area contributed by atoms with Crippen molar-refractivity contribution in [1.82, 2.24) is 0 Å². The van der Waals surface area contributed by atoms with Crippen molar-refractivity contribution in [3.05, 3.63) is 59.4 Å². The lowest BCUT2D eigenvalue weighted by molar-refractivity contribution is -0.119. The number of nitrogens with one attached hydrogen (secondary N) is 1. The van der Waals surface area contributed by atoms with Crippen molar-refractivity contribution in [2.45, 2.75) is 6.92 Å². The van der Waals surface area contributed by atoms with Gasteiger partial charge >= 0.3 is 5.97 Å². The third-order valence-corrected chi connectivity index (χ3v) is 3.67. The van der Waals surface area contributed by atoms with Crippen molar-refractivity contribution in [1.29, 1.82) is 5.26 Å². The molecular formula is C19H14N2O5. The predicted octanol–water partition coefficient (Wildman–Crippen LogP) is 3.11. The molecule has 7 heteroatoms. The number of carbonyl (C=O) groups is 2. The van der Waals surface area contributed by atoms with Gasteiger partial charge in [-0.25, -0.2) is 4.79 Å². The van der Waals surface area contributed by atoms with Crippen molar-refractivity contribution >= 4 is 28.5 Å². The number of phenolic OH excluding ortho intramolecular Hbond substituents is 1. The first-order valence-corrected chi connectivity index (χ1v) is 7.68. The highest BCUT2D eigenvalue weighted by molar-refractivity contribution is 6.04. The maximum atomic E-state index is 12.1. The molecule has 0 spiro atoms. The SMILES string of the molecule is Cc1ccc(C(=O)OCC(=O)Nc2c(C#N)oc3ccccc23)c(O)c1. The molecule has 0 saturated carbocycles. The number of fused-ring (bicyclic) bond motifs is 1. The number of amides is 1. The van der Waals surface area contributed by atoms with Crippen LogP contribution >= 0.6 is 0 Å². The Balaban J connectivity index is 1.70. The number of phenols is 1. The third-order valence-electron chi connectivity index (χ3n) is 3.67. The molecule has 3 aromatic rings. The van der Waals surface area contributed by atoms with Crippen LogP contribution in [0, 0.1) is 18.3 Å². The highest BCUT2D eigenvalue weighted by atomic mass is 16.5. The minimum Gasteiger partial charge on any atom is -0.507 e. The molecule has 0 fully saturated rings. The highest BCUT2D eigenvalue weighted by Crippen LogP contribution is 2.30. The topological polar surface area (TPSA) is 113 Å². The quantitative estimate of drug-likeness (QED) is 0.699. The van der Waals surface area contributed by atoms with Gasteiger partial charge in [-0.15, -0.1) is 0 Å². The number of nitriles is 1. The highest BCUT2D eigenvalue weighted by Gasteiger charge is 2.18. The van der Waals surface area contributed by atoms with E-state index in [0.29, 0.717) is 11.0 Å². The molecule has 0 aliphatic carbocycles. The Morgan fingerprint density at radius 2 is 2.04 bits per heavy atom. The molecule has 1 amide bonds. The van der Waals surface area contributed by atoms with Gasteiger partial charge in [0.2, 0.25) is 5.76 Å². The zero-order chi connectivity index (χ0) is 18.7. The number of aryl methyl sites for hydroxylation is 1. The molecule has 2 N–H and O–H groups in total. The van der Waals surface area contributed by atoms with Gasteiger partial charge in [0.05, 0.1) is 0 Å². The smallest absolute Gasteiger partial charge is 0.342 e. The number of furan rings is 1. The minimum absolute atomic E-state index is 0.0325. The Morgan fingerprint density at radius 1 is 1.27 bits per heavy atom. The molecule has 7 nitrogen and oxygen atoms in total. The van der Waals surface area contributed by atoms with Crippen LogP contribution in [0.2, 0.25) is 0 Å². The van der Waals surface area contributed by atoms with E-state index < -0.39 is 18.5 Å². The molecular weight excluding hydrogens is 336 g/mol. The summed E-state index contributed by atoms with van der Waals surface area (Å²) >= 11 is 0. The number of ether oxygens (including phenoxy) is 1. The van der Waals surface area contributed by atoms with E-state index in [2.05, 4.69) is 5.32 Å². The fourth-order valence-electron chi connectivity index (χ4n) is 2.45. The van der Waals surface area contributed by atoms with E-state index in [-0.39, 0.29) is 22.8 Å². The van der Waals surface area contributed by atoms with Gasteiger partial charge in [-0.1, -0.05) is 18.2 Å². The number of benzene rings is 2. The maximum absolute atomic E-state index is 12.1. The summed E-state index contributed by atoms with van der Waals surface area (Å²) in [5.74, 6) is -1.71. The minimum atomic E-state index is -0.824. The predicted molar refractivity (Wildman–Crippen MR) is 92.7 cm³/mol. The zero-order valence-electron chi connectivity index (χ0n) is 13.8. The van der Waals surface area contributed by atoms with Crippen LogP contribution in [0.15, 0.2) is 46.9 Å². The number of aromatic hydroxyl groups is 1. The van der Waals surface area contributed by atoms with Crippen LogP contribution in [-0.2, 0) is 9.53 Å². The second-order valence-corrected chi connectivity index (χ2v) is 5.56. The number of para-hydroxylation sites is 1. The lowest BCUT2D eigenvalue weighted by Gasteiger charge is -2.07. The van der Waals surface area contributed by atoms with Crippen LogP contribution in [-0.4, -0.2) is 23.6 Å². The molecule has 0 aliphatic rings. The molecule has 130 valence electrons. The van der Waals surface area contributed by atoms with Gasteiger partial charge in [-0.3, -0.25) is 4.79 Å². The maximum Gasteiger partial charge on any atom is 0.342 e. The van der Waals surface area contributed by atoms with E-state index in [1.807, 2.05) is 6.07 Å². The van der Waals surface area contributed by atoms with Crippen molar-refractivity contribution < 1.29 is 23.8 Å². The standard InChI is InChI=1S/C19H14N2O5/c1-11-6-7-12(14(22)8-11)19(24)25-10-17(23)21-18-13-4-2-3-5-15(13)26-16(18)9-20/h2-8,22H,10H2,1H3,(H,21,23). The Hall–Kier alpha value is -3.79. The lowest BCUT2D eigenvalue weighted by Crippen LogP contribution is -2.21. The summed E-state index contributed by atoms with van der Waals surface area (Å²) in [7, 11) is 0. The molecule has 0 unspecified atom stereocenters. The molecule has 26 heavy (non-hydrogen) atoms. The van der Waals surface area contributed by atoms with Crippen LogP contribution in [0.3, 0.4) is 0 Å². The number of carbonyl (C=O) groups excluding carboxylic acids is 2. The first-order chi connectivity index (χ1) is 12.5. The first kappa shape index (κ1) is 17.0. The second kappa shape index (κ2) is 6.99. The normalized spacial score (nSPS) is 10.3. The van der Waals surface area contributed by atoms with Crippen LogP contribution in [0.5, 0.6) is 5.75 Å². The molecule has 1 aromatic heterocycles. The summed E-state index contributed by atoms with van der Waals surface area (Å²) in [5.41, 5.74) is 1.44. The van der Waals surface area contributed by atoms with Crippen LogP contribution in [0.1, 0.15) is 21.7 Å². The van der Waals surface area contributed by atoms with E-state index in [1.54, 1.807) is 37.3 Å². The van der Waals surface area contributed by atoms with Crippen LogP contribution < -0.4 is 5.32 Å². The largest absolute Gasteiger partial charge is 0.507 e. The number of anilines is 1. The van der Waals surface area contributed by atoms with Gasteiger partial charge in [-0.2, -0.15) is 5.26 Å². The molecule has 0 aliphatic heterocycles. The Labute approximate surface area is 148 Å². The number of hydrogen-bond acceptors (Lipinski definition) is 6. The van der Waals surface area contributed by atoms with E-state index in [9.17, 15) is 14.7 Å². The fraction of sp³-hybridized carbons (Fsp3) is 0.105. The second-order valence-electron chi connectivity index (χ2n) is 5.56. The van der Waals surface area contributed by atoms with Crippen molar-refractivity contribution in [3.63, 3.8) is 0 Å². The molecule has 0 radical (unpaired) electrons. The Bertz CT molecular complexity index is 1050. The third kappa shape index (κ3) is 3.35. The monoisotopic (exact) mass is 350 g/mol. The van der Waals surface area contributed by atoms with E-state index >= 15 is 0 Å². The van der Waals surface area contributed by atoms with Gasteiger partial charge < -0.3 is 19.6 Å². The molecule has 0 bridgehead atoms. The van der Waals surface area contributed by atoms with Crippen LogP contribution in [0.25, 0.3) is 11.0 Å². The van der Waals surface area contributed by atoms with Gasteiger partial charge in [-0.05, 0) is 36.8 Å². The summed E-state index contributed by atoms with van der Waals surface area (Å²) < 4.78 is 10.3. The number of hydrogen-bond donors (Lipinski definition) is 2. The van der Waals surface area contributed by atoms with E-state index in [1.165, 1.54) is 12.1 Å². The van der Waals surface area contributed by atoms with Crippen molar-refractivity contribution in [3.8, 4) is 11.8 Å². The van der Waals surface area contributed by atoms with Crippen molar-refractivity contribution in [2.24, 2.45) is 0 Å². The zero-order valence-corrected chi connectivity index (χ0v) is 13.8. The summed E-state index contributed by atoms with van der Waals surface area (Å²) in [6.45, 7) is 1.20. The van der Waals surface area contributed by atoms with Gasteiger partial charge in [0, 0.05) is 5.39 Å².